The molecule has 0 aliphatic carbocycles. The molecule has 1 aromatic heterocycles. The normalized spacial score (nSPS) is 17.8. The third-order valence-electron chi connectivity index (χ3n) is 1.67. The standard InChI is InChI=1S/C7H8N2O4/c10-6(11)4-3-8-5(9-4)7-12-1-2-13-7/h3,7H,1-2H2,(H,8,9)(H,10,11). The van der Waals surface area contributed by atoms with Crippen molar-refractivity contribution in [3.05, 3.63) is 17.7 Å². The van der Waals surface area contributed by atoms with Gasteiger partial charge in [-0.3, -0.25) is 0 Å². The van der Waals surface area contributed by atoms with Crippen LogP contribution in [0.2, 0.25) is 0 Å². The molecule has 0 atom stereocenters. The Morgan fingerprint density at radius 2 is 2.31 bits per heavy atom. The van der Waals surface area contributed by atoms with Crippen molar-refractivity contribution in [3.63, 3.8) is 0 Å². The zero-order valence-corrected chi connectivity index (χ0v) is 6.69. The molecule has 1 aromatic rings. The van der Waals surface area contributed by atoms with Gasteiger partial charge in [0.15, 0.2) is 5.82 Å². The fourth-order valence-corrected chi connectivity index (χ4v) is 1.08. The van der Waals surface area contributed by atoms with E-state index in [-0.39, 0.29) is 5.69 Å². The van der Waals surface area contributed by atoms with Gasteiger partial charge in [0, 0.05) is 0 Å². The number of imidazole rings is 1. The van der Waals surface area contributed by atoms with Crippen LogP contribution in [0.3, 0.4) is 0 Å². The quantitative estimate of drug-likeness (QED) is 0.683. The van der Waals surface area contributed by atoms with E-state index in [9.17, 15) is 4.79 Å². The number of hydrogen-bond donors (Lipinski definition) is 2. The third kappa shape index (κ3) is 1.53. The summed E-state index contributed by atoms with van der Waals surface area (Å²) in [7, 11) is 0. The Balaban J connectivity index is 2.16. The Morgan fingerprint density at radius 1 is 1.62 bits per heavy atom. The Kier molecular flexibility index (Phi) is 1.99. The summed E-state index contributed by atoms with van der Waals surface area (Å²) in [4.78, 5) is 16.9. The molecule has 1 fully saturated rings. The predicted octanol–water partition coefficient (Wildman–Crippen LogP) is 0.153. The van der Waals surface area contributed by atoms with E-state index in [2.05, 4.69) is 9.97 Å². The van der Waals surface area contributed by atoms with Gasteiger partial charge in [-0.2, -0.15) is 0 Å². The zero-order chi connectivity index (χ0) is 9.26. The van der Waals surface area contributed by atoms with Crippen LogP contribution in [0, 0.1) is 0 Å². The summed E-state index contributed by atoms with van der Waals surface area (Å²) in [6, 6.07) is 0. The van der Waals surface area contributed by atoms with Gasteiger partial charge in [-0.15, -0.1) is 0 Å². The molecule has 2 rings (SSSR count). The Morgan fingerprint density at radius 3 is 2.85 bits per heavy atom. The van der Waals surface area contributed by atoms with Crippen LogP contribution in [0.15, 0.2) is 6.20 Å². The van der Waals surface area contributed by atoms with Gasteiger partial charge in [0.2, 0.25) is 6.29 Å². The van der Waals surface area contributed by atoms with Gasteiger partial charge in [-0.05, 0) is 0 Å². The maximum absolute atomic E-state index is 10.5. The number of aromatic carboxylic acids is 1. The molecule has 0 saturated carbocycles. The van der Waals surface area contributed by atoms with E-state index in [1.54, 1.807) is 0 Å². The highest BCUT2D eigenvalue weighted by molar-refractivity contribution is 5.84. The van der Waals surface area contributed by atoms with Gasteiger partial charge in [-0.1, -0.05) is 0 Å². The van der Waals surface area contributed by atoms with E-state index in [0.717, 1.165) is 0 Å². The summed E-state index contributed by atoms with van der Waals surface area (Å²) in [6.07, 6.45) is 0.691. The van der Waals surface area contributed by atoms with E-state index in [1.807, 2.05) is 0 Å². The fourth-order valence-electron chi connectivity index (χ4n) is 1.08. The summed E-state index contributed by atoms with van der Waals surface area (Å²) in [5.41, 5.74) is 0.0362. The largest absolute Gasteiger partial charge is 0.477 e. The van der Waals surface area contributed by atoms with Crippen LogP contribution >= 0.6 is 0 Å². The van der Waals surface area contributed by atoms with Crippen LogP contribution in [0.1, 0.15) is 22.6 Å². The first-order chi connectivity index (χ1) is 6.27. The first kappa shape index (κ1) is 8.21. The second-order valence-corrected chi connectivity index (χ2v) is 2.56. The number of carboxylic acids is 1. The molecule has 0 aromatic carbocycles. The van der Waals surface area contributed by atoms with Crippen molar-refractivity contribution >= 4 is 5.97 Å². The van der Waals surface area contributed by atoms with Crippen LogP contribution in [0.5, 0.6) is 0 Å². The molecule has 6 heteroatoms. The fraction of sp³-hybridized carbons (Fsp3) is 0.429. The summed E-state index contributed by atoms with van der Waals surface area (Å²) in [5.74, 6) is -0.647. The predicted molar refractivity (Wildman–Crippen MR) is 40.2 cm³/mol. The lowest BCUT2D eigenvalue weighted by Gasteiger charge is -2.03. The summed E-state index contributed by atoms with van der Waals surface area (Å²) in [5, 5.41) is 8.59. The SMILES string of the molecule is O=C(O)c1cnc(C2OCCO2)[nH]1. The van der Waals surface area contributed by atoms with Crippen LogP contribution < -0.4 is 0 Å². The minimum atomic E-state index is -1.04. The molecule has 2 N–H and O–H groups in total. The van der Waals surface area contributed by atoms with E-state index in [0.29, 0.717) is 19.0 Å². The number of carbonyl (C=O) groups is 1. The van der Waals surface area contributed by atoms with E-state index in [1.165, 1.54) is 6.20 Å². The minimum Gasteiger partial charge on any atom is -0.477 e. The molecule has 0 radical (unpaired) electrons. The van der Waals surface area contributed by atoms with E-state index in [4.69, 9.17) is 14.6 Å². The number of hydrogen-bond acceptors (Lipinski definition) is 4. The lowest BCUT2D eigenvalue weighted by atomic mass is 10.5. The van der Waals surface area contributed by atoms with E-state index >= 15 is 0 Å². The van der Waals surface area contributed by atoms with Crippen LogP contribution in [0.4, 0.5) is 0 Å². The molecule has 1 aliphatic rings. The van der Waals surface area contributed by atoms with Crippen molar-refractivity contribution in [2.75, 3.05) is 13.2 Å². The van der Waals surface area contributed by atoms with Gasteiger partial charge in [0.05, 0.1) is 19.4 Å². The van der Waals surface area contributed by atoms with Gasteiger partial charge in [-0.25, -0.2) is 9.78 Å². The zero-order valence-electron chi connectivity index (χ0n) is 6.69. The molecule has 0 amide bonds. The first-order valence-electron chi connectivity index (χ1n) is 3.79. The van der Waals surface area contributed by atoms with Crippen molar-refractivity contribution < 1.29 is 19.4 Å². The Labute approximate surface area is 73.5 Å². The molecule has 13 heavy (non-hydrogen) atoms. The first-order valence-corrected chi connectivity index (χ1v) is 3.79. The van der Waals surface area contributed by atoms with Crippen LogP contribution in [-0.4, -0.2) is 34.3 Å². The monoisotopic (exact) mass is 184 g/mol. The lowest BCUT2D eigenvalue weighted by molar-refractivity contribution is -0.0501. The molecular formula is C7H8N2O4. The highest BCUT2D eigenvalue weighted by Crippen LogP contribution is 2.19. The highest BCUT2D eigenvalue weighted by Gasteiger charge is 2.22. The smallest absolute Gasteiger partial charge is 0.353 e. The number of ether oxygens (including phenoxy) is 2. The van der Waals surface area contributed by atoms with Crippen molar-refractivity contribution in [2.45, 2.75) is 6.29 Å². The second kappa shape index (κ2) is 3.15. The Hall–Kier alpha value is -1.40. The number of H-pyrrole nitrogens is 1. The van der Waals surface area contributed by atoms with Crippen LogP contribution in [0.25, 0.3) is 0 Å². The van der Waals surface area contributed by atoms with Crippen molar-refractivity contribution in [1.29, 1.82) is 0 Å². The maximum Gasteiger partial charge on any atom is 0.353 e. The van der Waals surface area contributed by atoms with Crippen molar-refractivity contribution in [3.8, 4) is 0 Å². The van der Waals surface area contributed by atoms with Gasteiger partial charge >= 0.3 is 5.97 Å². The summed E-state index contributed by atoms with van der Waals surface area (Å²) in [6.45, 7) is 1.02. The topological polar surface area (TPSA) is 84.4 Å². The molecule has 6 nitrogen and oxygen atoms in total. The number of nitrogens with one attached hydrogen (secondary N) is 1. The lowest BCUT2D eigenvalue weighted by Crippen LogP contribution is -2.02. The molecule has 1 saturated heterocycles. The Bertz CT molecular complexity index is 316. The number of aromatic amines is 1. The molecule has 2 heterocycles. The van der Waals surface area contributed by atoms with Gasteiger partial charge in [0.1, 0.15) is 5.69 Å². The molecule has 1 aliphatic heterocycles. The summed E-state index contributed by atoms with van der Waals surface area (Å²) >= 11 is 0. The van der Waals surface area contributed by atoms with Crippen molar-refractivity contribution in [2.24, 2.45) is 0 Å². The molecule has 0 spiro atoms. The molecule has 70 valence electrons. The number of aromatic nitrogens is 2. The average molecular weight is 184 g/mol. The van der Waals surface area contributed by atoms with E-state index < -0.39 is 12.3 Å². The number of carboxylic acid groups (broad SMARTS) is 1. The molecule has 0 unspecified atom stereocenters. The highest BCUT2D eigenvalue weighted by atomic mass is 16.7. The van der Waals surface area contributed by atoms with Gasteiger partial charge < -0.3 is 19.6 Å². The third-order valence-corrected chi connectivity index (χ3v) is 1.67. The average Bonchev–Trinajstić information content (AvgIpc) is 2.75. The number of rotatable bonds is 2. The minimum absolute atomic E-state index is 0.0362. The van der Waals surface area contributed by atoms with Crippen LogP contribution in [-0.2, 0) is 9.47 Å². The summed E-state index contributed by atoms with van der Waals surface area (Å²) < 4.78 is 10.2. The van der Waals surface area contributed by atoms with Gasteiger partial charge in [0.25, 0.3) is 0 Å². The van der Waals surface area contributed by atoms with Crippen molar-refractivity contribution in [1.82, 2.24) is 9.97 Å². The molecule has 0 bridgehead atoms. The molecular weight excluding hydrogens is 176 g/mol. The number of nitrogens with zero attached hydrogens (tertiary/aromatic N) is 1. The maximum atomic E-state index is 10.5. The second-order valence-electron chi connectivity index (χ2n) is 2.56.